The minimum atomic E-state index is -0.273. The summed E-state index contributed by atoms with van der Waals surface area (Å²) in [4.78, 5) is 27.1. The molecule has 1 aromatic heterocycles. The molecule has 1 amide bonds. The van der Waals surface area contributed by atoms with Crippen LogP contribution in [-0.4, -0.2) is 23.2 Å². The van der Waals surface area contributed by atoms with Crippen LogP contribution in [0.25, 0.3) is 10.9 Å². The van der Waals surface area contributed by atoms with Gasteiger partial charge in [0.25, 0.3) is 0 Å². The topological polar surface area (TPSA) is 62.0 Å². The molecule has 5 heteroatoms. The van der Waals surface area contributed by atoms with Crippen LogP contribution in [0.3, 0.4) is 0 Å². The Morgan fingerprint density at radius 1 is 1.04 bits per heavy atom. The highest BCUT2D eigenvalue weighted by Crippen LogP contribution is 2.17. The summed E-state index contributed by atoms with van der Waals surface area (Å²) in [5.41, 5.74) is 2.79. The first-order valence-electron chi connectivity index (χ1n) is 7.94. The predicted molar refractivity (Wildman–Crippen MR) is 103 cm³/mol. The van der Waals surface area contributed by atoms with Crippen molar-refractivity contribution in [3.05, 3.63) is 82.5 Å². The summed E-state index contributed by atoms with van der Waals surface area (Å²) in [5.74, 6) is -0.468. The van der Waals surface area contributed by atoms with Crippen molar-refractivity contribution in [1.82, 2.24) is 10.3 Å². The summed E-state index contributed by atoms with van der Waals surface area (Å²) in [7, 11) is 0. The average Bonchev–Trinajstić information content (AvgIpc) is 3.04. The largest absolute Gasteiger partial charge is 0.361 e. The number of hydrogen-bond acceptors (Lipinski definition) is 2. The van der Waals surface area contributed by atoms with Gasteiger partial charge in [0, 0.05) is 39.8 Å². The van der Waals surface area contributed by atoms with Crippen LogP contribution in [0, 0.1) is 0 Å². The van der Waals surface area contributed by atoms with Crippen molar-refractivity contribution in [2.45, 2.75) is 6.42 Å². The van der Waals surface area contributed by atoms with Crippen LogP contribution in [0.15, 0.2) is 71.4 Å². The second-order valence-electron chi connectivity index (χ2n) is 5.61. The van der Waals surface area contributed by atoms with E-state index in [0.717, 1.165) is 27.4 Å². The number of benzene rings is 2. The van der Waals surface area contributed by atoms with Crippen molar-refractivity contribution < 1.29 is 9.59 Å². The third kappa shape index (κ3) is 4.45. The Balaban J connectivity index is 1.51. The Bertz CT molecular complexity index is 926. The zero-order valence-electron chi connectivity index (χ0n) is 13.5. The summed E-state index contributed by atoms with van der Waals surface area (Å²) in [6.45, 7) is 0.511. The first-order chi connectivity index (χ1) is 12.1. The van der Waals surface area contributed by atoms with Crippen LogP contribution in [0.1, 0.15) is 15.9 Å². The molecule has 3 rings (SSSR count). The van der Waals surface area contributed by atoms with Gasteiger partial charge < -0.3 is 10.3 Å². The summed E-state index contributed by atoms with van der Waals surface area (Å²) < 4.78 is 0.906. The smallest absolute Gasteiger partial charge is 0.244 e. The van der Waals surface area contributed by atoms with Gasteiger partial charge in [-0.2, -0.15) is 0 Å². The molecule has 0 aliphatic rings. The molecule has 3 aromatic rings. The third-order valence-electron chi connectivity index (χ3n) is 3.88. The van der Waals surface area contributed by atoms with Crippen LogP contribution >= 0.6 is 15.9 Å². The molecule has 126 valence electrons. The fourth-order valence-electron chi connectivity index (χ4n) is 2.58. The number of ketones is 1. The van der Waals surface area contributed by atoms with Crippen molar-refractivity contribution in [2.75, 3.05) is 6.54 Å². The van der Waals surface area contributed by atoms with E-state index < -0.39 is 0 Å². The molecular formula is C20H17BrN2O2. The second-order valence-corrected chi connectivity index (χ2v) is 6.52. The Morgan fingerprint density at radius 2 is 1.80 bits per heavy atom. The number of H-pyrrole nitrogens is 1. The number of halogens is 1. The van der Waals surface area contributed by atoms with Gasteiger partial charge in [-0.1, -0.05) is 34.1 Å². The quantitative estimate of drug-likeness (QED) is 0.488. The third-order valence-corrected chi connectivity index (χ3v) is 4.41. The number of allylic oxidation sites excluding steroid dienone is 1. The number of hydrogen-bond donors (Lipinski definition) is 2. The Hall–Kier alpha value is -2.66. The number of aromatic amines is 1. The number of carbonyl (C=O) groups is 2. The maximum atomic E-state index is 12.0. The van der Waals surface area contributed by atoms with Gasteiger partial charge in [0.15, 0.2) is 5.78 Å². The van der Waals surface area contributed by atoms with Crippen molar-refractivity contribution >= 4 is 38.5 Å². The first-order valence-corrected chi connectivity index (χ1v) is 8.73. The van der Waals surface area contributed by atoms with E-state index in [2.05, 4.69) is 32.3 Å². The molecule has 0 fully saturated rings. The highest BCUT2D eigenvalue weighted by molar-refractivity contribution is 9.10. The molecule has 2 aromatic carbocycles. The van der Waals surface area contributed by atoms with Crippen molar-refractivity contribution in [1.29, 1.82) is 0 Å². The average molecular weight is 397 g/mol. The number of rotatable bonds is 6. The molecule has 0 saturated heterocycles. The molecule has 0 atom stereocenters. The number of amides is 1. The van der Waals surface area contributed by atoms with E-state index in [1.807, 2.05) is 24.4 Å². The minimum Gasteiger partial charge on any atom is -0.361 e. The molecule has 2 N–H and O–H groups in total. The lowest BCUT2D eigenvalue weighted by molar-refractivity contribution is -0.116. The lowest BCUT2D eigenvalue weighted by Gasteiger charge is -2.02. The molecule has 0 aliphatic carbocycles. The molecule has 0 spiro atoms. The molecule has 1 heterocycles. The maximum Gasteiger partial charge on any atom is 0.244 e. The molecule has 0 radical (unpaired) electrons. The fourth-order valence-corrected chi connectivity index (χ4v) is 2.84. The lowest BCUT2D eigenvalue weighted by Crippen LogP contribution is -2.23. The number of carbonyl (C=O) groups excluding carboxylic acids is 2. The lowest BCUT2D eigenvalue weighted by atomic mass is 10.1. The zero-order chi connectivity index (χ0) is 17.6. The van der Waals surface area contributed by atoms with Gasteiger partial charge >= 0.3 is 0 Å². The standard InChI is InChI=1S/C20H17BrN2O2/c21-16-7-5-14(6-8-16)19(24)9-10-20(25)22-12-11-15-13-23-18-4-2-1-3-17(15)18/h1-10,13,23H,11-12H2,(H,22,25)/b10-9+. The van der Waals surface area contributed by atoms with E-state index in [0.29, 0.717) is 12.1 Å². The predicted octanol–water partition coefficient (Wildman–Crippen LogP) is 4.03. The molecule has 0 bridgehead atoms. The van der Waals surface area contributed by atoms with Crippen molar-refractivity contribution in [2.24, 2.45) is 0 Å². The van der Waals surface area contributed by atoms with Gasteiger partial charge in [0.1, 0.15) is 0 Å². The molecule has 0 aliphatic heterocycles. The van der Waals surface area contributed by atoms with E-state index in [1.54, 1.807) is 24.3 Å². The van der Waals surface area contributed by atoms with Crippen molar-refractivity contribution in [3.63, 3.8) is 0 Å². The van der Waals surface area contributed by atoms with Gasteiger partial charge in [0.2, 0.25) is 5.91 Å². The van der Waals surface area contributed by atoms with E-state index in [4.69, 9.17) is 0 Å². The van der Waals surface area contributed by atoms with Gasteiger partial charge in [-0.3, -0.25) is 9.59 Å². The Morgan fingerprint density at radius 3 is 2.60 bits per heavy atom. The van der Waals surface area contributed by atoms with E-state index in [9.17, 15) is 9.59 Å². The van der Waals surface area contributed by atoms with Gasteiger partial charge in [0.05, 0.1) is 0 Å². The van der Waals surface area contributed by atoms with Crippen LogP contribution in [0.5, 0.6) is 0 Å². The van der Waals surface area contributed by atoms with Crippen LogP contribution in [0.2, 0.25) is 0 Å². The van der Waals surface area contributed by atoms with Gasteiger partial charge in [-0.15, -0.1) is 0 Å². The molecule has 25 heavy (non-hydrogen) atoms. The normalized spacial score (nSPS) is 11.1. The van der Waals surface area contributed by atoms with E-state index in [1.165, 1.54) is 12.2 Å². The minimum absolute atomic E-state index is 0.195. The fraction of sp³-hybridized carbons (Fsp3) is 0.100. The molecule has 0 saturated carbocycles. The summed E-state index contributed by atoms with van der Waals surface area (Å²) >= 11 is 3.32. The second kappa shape index (κ2) is 7.94. The van der Waals surface area contributed by atoms with Crippen LogP contribution < -0.4 is 5.32 Å². The van der Waals surface area contributed by atoms with Crippen LogP contribution in [0.4, 0.5) is 0 Å². The molecule has 4 nitrogen and oxygen atoms in total. The maximum absolute atomic E-state index is 12.0. The van der Waals surface area contributed by atoms with Gasteiger partial charge in [-0.05, 0) is 48.4 Å². The monoisotopic (exact) mass is 396 g/mol. The SMILES string of the molecule is O=C(/C=C/C(=O)c1ccc(Br)cc1)NCCc1c[nH]c2ccccc12. The number of aromatic nitrogens is 1. The molecule has 0 unspecified atom stereocenters. The van der Waals surface area contributed by atoms with Crippen LogP contribution in [-0.2, 0) is 11.2 Å². The molecular weight excluding hydrogens is 380 g/mol. The highest BCUT2D eigenvalue weighted by Gasteiger charge is 2.05. The summed E-state index contributed by atoms with van der Waals surface area (Å²) in [5, 5.41) is 3.97. The number of nitrogens with one attached hydrogen (secondary N) is 2. The highest BCUT2D eigenvalue weighted by atomic mass is 79.9. The Labute approximate surface area is 154 Å². The zero-order valence-corrected chi connectivity index (χ0v) is 15.0. The Kier molecular flexibility index (Phi) is 5.46. The summed E-state index contributed by atoms with van der Waals surface area (Å²) in [6.07, 6.45) is 5.26. The van der Waals surface area contributed by atoms with Gasteiger partial charge in [-0.25, -0.2) is 0 Å². The van der Waals surface area contributed by atoms with E-state index >= 15 is 0 Å². The van der Waals surface area contributed by atoms with E-state index in [-0.39, 0.29) is 11.7 Å². The van der Waals surface area contributed by atoms with Crippen molar-refractivity contribution in [3.8, 4) is 0 Å². The number of para-hydroxylation sites is 1. The summed E-state index contributed by atoms with van der Waals surface area (Å²) in [6, 6.07) is 15.1. The number of fused-ring (bicyclic) bond motifs is 1. The first kappa shape index (κ1) is 17.2.